The van der Waals surface area contributed by atoms with Gasteiger partial charge in [0.25, 0.3) is 0 Å². The first-order chi connectivity index (χ1) is 9.27. The number of hydrogen-bond acceptors (Lipinski definition) is 2. The van der Waals surface area contributed by atoms with Crippen molar-refractivity contribution in [1.29, 1.82) is 0 Å². The fourth-order valence-electron chi connectivity index (χ4n) is 1.80. The average molecular weight is 340 g/mol. The normalized spacial score (nSPS) is 13.5. The van der Waals surface area contributed by atoms with Crippen LogP contribution in [0.1, 0.15) is 22.7 Å². The van der Waals surface area contributed by atoms with E-state index in [1.54, 1.807) is 6.07 Å². The van der Waals surface area contributed by atoms with Crippen LogP contribution in [0.25, 0.3) is 0 Å². The largest absolute Gasteiger partial charge is 0.416 e. The summed E-state index contributed by atoms with van der Waals surface area (Å²) in [6, 6.07) is 6.22. The molecule has 1 unspecified atom stereocenters. The van der Waals surface area contributed by atoms with Gasteiger partial charge in [0.2, 0.25) is 0 Å². The second kappa shape index (κ2) is 5.93. The summed E-state index contributed by atoms with van der Waals surface area (Å²) in [5, 5.41) is 0. The second-order valence-electron chi connectivity index (χ2n) is 4.28. The van der Waals surface area contributed by atoms with Gasteiger partial charge in [-0.15, -0.1) is 11.3 Å². The number of benzene rings is 1. The van der Waals surface area contributed by atoms with Gasteiger partial charge in [-0.05, 0) is 30.2 Å². The fraction of sp³-hybridized carbons (Fsp3) is 0.231. The molecule has 0 saturated carbocycles. The number of halogens is 5. The summed E-state index contributed by atoms with van der Waals surface area (Å²) in [6.45, 7) is 0. The zero-order valence-corrected chi connectivity index (χ0v) is 12.4. The maximum absolute atomic E-state index is 12.4. The maximum atomic E-state index is 12.4. The lowest BCUT2D eigenvalue weighted by Crippen LogP contribution is -2.13. The molecule has 0 aliphatic heterocycles. The molecule has 0 saturated heterocycles. The monoisotopic (exact) mass is 339 g/mol. The molecule has 0 amide bonds. The lowest BCUT2D eigenvalue weighted by Gasteiger charge is -2.12. The number of thiophene rings is 1. The van der Waals surface area contributed by atoms with Crippen molar-refractivity contribution >= 4 is 34.5 Å². The van der Waals surface area contributed by atoms with E-state index >= 15 is 0 Å². The highest BCUT2D eigenvalue weighted by Gasteiger charge is 2.30. The summed E-state index contributed by atoms with van der Waals surface area (Å²) in [6.07, 6.45) is -3.93. The third kappa shape index (κ3) is 3.67. The molecular weight excluding hydrogens is 330 g/mol. The smallest absolute Gasteiger partial charge is 0.324 e. The van der Waals surface area contributed by atoms with Gasteiger partial charge in [-0.2, -0.15) is 13.2 Å². The number of alkyl halides is 3. The van der Waals surface area contributed by atoms with Gasteiger partial charge < -0.3 is 5.73 Å². The Morgan fingerprint density at radius 2 is 1.75 bits per heavy atom. The van der Waals surface area contributed by atoms with Crippen LogP contribution in [0, 0.1) is 0 Å². The van der Waals surface area contributed by atoms with Crippen LogP contribution < -0.4 is 5.73 Å². The standard InChI is InChI=1S/C13H10Cl2F3NS/c14-11-6-9(12(15)20-11)10(19)5-7-1-3-8(4-2-7)13(16,17)18/h1-4,6,10H,5,19H2. The average Bonchev–Trinajstić information content (AvgIpc) is 2.68. The zero-order valence-electron chi connectivity index (χ0n) is 10.0. The van der Waals surface area contributed by atoms with E-state index in [4.69, 9.17) is 28.9 Å². The van der Waals surface area contributed by atoms with Crippen molar-refractivity contribution in [1.82, 2.24) is 0 Å². The van der Waals surface area contributed by atoms with Crippen molar-refractivity contribution in [2.45, 2.75) is 18.6 Å². The summed E-state index contributed by atoms with van der Waals surface area (Å²) in [4.78, 5) is 0. The molecule has 2 rings (SSSR count). The summed E-state index contributed by atoms with van der Waals surface area (Å²) in [5.74, 6) is 0. The molecule has 0 spiro atoms. The van der Waals surface area contributed by atoms with Gasteiger partial charge in [-0.25, -0.2) is 0 Å². The molecule has 0 fully saturated rings. The van der Waals surface area contributed by atoms with Crippen molar-refractivity contribution in [3.63, 3.8) is 0 Å². The topological polar surface area (TPSA) is 26.0 Å². The van der Waals surface area contributed by atoms with Crippen LogP contribution in [-0.2, 0) is 12.6 Å². The molecular formula is C13H10Cl2F3NS. The quantitative estimate of drug-likeness (QED) is 0.804. The van der Waals surface area contributed by atoms with E-state index < -0.39 is 17.8 Å². The Balaban J connectivity index is 2.12. The van der Waals surface area contributed by atoms with E-state index in [1.807, 2.05) is 0 Å². The first kappa shape index (κ1) is 15.6. The highest BCUT2D eigenvalue weighted by Crippen LogP contribution is 2.35. The van der Waals surface area contributed by atoms with Gasteiger partial charge in [-0.3, -0.25) is 0 Å². The van der Waals surface area contributed by atoms with E-state index in [0.29, 0.717) is 26.2 Å². The highest BCUT2D eigenvalue weighted by molar-refractivity contribution is 7.20. The van der Waals surface area contributed by atoms with Crippen LogP contribution in [0.2, 0.25) is 8.67 Å². The van der Waals surface area contributed by atoms with Crippen molar-refractivity contribution in [3.8, 4) is 0 Å². The summed E-state index contributed by atoms with van der Waals surface area (Å²) in [5.41, 5.74) is 6.75. The first-order valence-corrected chi connectivity index (χ1v) is 7.21. The van der Waals surface area contributed by atoms with E-state index in [9.17, 15) is 13.2 Å². The molecule has 0 radical (unpaired) electrons. The third-order valence-electron chi connectivity index (χ3n) is 2.82. The molecule has 1 nitrogen and oxygen atoms in total. The molecule has 2 aromatic rings. The summed E-state index contributed by atoms with van der Waals surface area (Å²) in [7, 11) is 0. The van der Waals surface area contributed by atoms with E-state index in [-0.39, 0.29) is 0 Å². The molecule has 0 aliphatic carbocycles. The summed E-state index contributed by atoms with van der Waals surface area (Å²) >= 11 is 13.0. The molecule has 2 N–H and O–H groups in total. The van der Waals surface area contributed by atoms with Crippen molar-refractivity contribution in [2.75, 3.05) is 0 Å². The molecule has 1 heterocycles. The zero-order chi connectivity index (χ0) is 14.9. The Kier molecular flexibility index (Phi) is 4.64. The Labute approximate surface area is 128 Å². The van der Waals surface area contributed by atoms with Crippen LogP contribution in [-0.4, -0.2) is 0 Å². The molecule has 0 bridgehead atoms. The van der Waals surface area contributed by atoms with Gasteiger partial charge in [-0.1, -0.05) is 35.3 Å². The van der Waals surface area contributed by atoms with E-state index in [2.05, 4.69) is 0 Å². The van der Waals surface area contributed by atoms with Crippen LogP contribution in [0.3, 0.4) is 0 Å². The lowest BCUT2D eigenvalue weighted by atomic mass is 10.0. The predicted octanol–water partition coefficient (Wildman–Crippen LogP) is 5.32. The number of nitrogens with two attached hydrogens (primary N) is 1. The molecule has 0 aliphatic rings. The fourth-order valence-corrected chi connectivity index (χ4v) is 3.40. The van der Waals surface area contributed by atoms with Crippen molar-refractivity contribution in [2.24, 2.45) is 5.73 Å². The predicted molar refractivity (Wildman–Crippen MR) is 76.4 cm³/mol. The molecule has 1 atom stereocenters. The highest BCUT2D eigenvalue weighted by atomic mass is 35.5. The van der Waals surface area contributed by atoms with E-state index in [1.165, 1.54) is 23.5 Å². The Bertz CT molecular complexity index is 593. The molecule has 108 valence electrons. The molecule has 7 heteroatoms. The van der Waals surface area contributed by atoms with Crippen molar-refractivity contribution < 1.29 is 13.2 Å². The number of hydrogen-bond donors (Lipinski definition) is 1. The first-order valence-electron chi connectivity index (χ1n) is 5.64. The minimum atomic E-state index is -4.33. The lowest BCUT2D eigenvalue weighted by molar-refractivity contribution is -0.137. The molecule has 1 aromatic carbocycles. The second-order valence-corrected chi connectivity index (χ2v) is 6.57. The Hall–Kier alpha value is -0.750. The van der Waals surface area contributed by atoms with Gasteiger partial charge in [0.05, 0.1) is 14.2 Å². The van der Waals surface area contributed by atoms with Gasteiger partial charge >= 0.3 is 6.18 Å². The SMILES string of the molecule is NC(Cc1ccc(C(F)(F)F)cc1)c1cc(Cl)sc1Cl. The number of rotatable bonds is 3. The van der Waals surface area contributed by atoms with Gasteiger partial charge in [0, 0.05) is 11.6 Å². The molecule has 20 heavy (non-hydrogen) atoms. The van der Waals surface area contributed by atoms with Crippen LogP contribution in [0.5, 0.6) is 0 Å². The Morgan fingerprint density at radius 3 is 2.20 bits per heavy atom. The van der Waals surface area contributed by atoms with Crippen LogP contribution in [0.15, 0.2) is 30.3 Å². The van der Waals surface area contributed by atoms with Gasteiger partial charge in [0.1, 0.15) is 0 Å². The van der Waals surface area contributed by atoms with Crippen LogP contribution >= 0.6 is 34.5 Å². The summed E-state index contributed by atoms with van der Waals surface area (Å²) < 4.78 is 38.4. The minimum Gasteiger partial charge on any atom is -0.324 e. The maximum Gasteiger partial charge on any atom is 0.416 e. The minimum absolute atomic E-state index is 0.394. The van der Waals surface area contributed by atoms with E-state index in [0.717, 1.165) is 12.1 Å². The third-order valence-corrected chi connectivity index (χ3v) is 4.34. The van der Waals surface area contributed by atoms with Crippen LogP contribution in [0.4, 0.5) is 13.2 Å². The van der Waals surface area contributed by atoms with Gasteiger partial charge in [0.15, 0.2) is 0 Å². The van der Waals surface area contributed by atoms with Crippen molar-refractivity contribution in [3.05, 3.63) is 55.7 Å². The molecule has 1 aromatic heterocycles. The Morgan fingerprint density at radius 1 is 1.15 bits per heavy atom.